The molecule has 0 spiro atoms. The van der Waals surface area contributed by atoms with Crippen LogP contribution in [0.4, 0.5) is 11.4 Å². The molecule has 138 valence electrons. The Labute approximate surface area is 146 Å². The molecule has 1 saturated heterocycles. The summed E-state index contributed by atoms with van der Waals surface area (Å²) in [6.07, 6.45) is 0.540. The number of carbonyl (C=O) groups excluding carboxylic acids is 2. The van der Waals surface area contributed by atoms with Crippen molar-refractivity contribution in [1.82, 2.24) is 5.32 Å². The fourth-order valence-electron chi connectivity index (χ4n) is 2.40. The average molecular weight is 371 g/mol. The standard InChI is InChI=1S/C15H21N3O6S/c1-23-8-6-16-14(19)15(20)17-12-10-11(4-5-13(12)24-2)18-7-3-9-25(18,21)22/h4-5,10H,3,6-9H2,1-2H3,(H,16,19)(H,17,20). The summed E-state index contributed by atoms with van der Waals surface area (Å²) in [5, 5.41) is 4.84. The van der Waals surface area contributed by atoms with E-state index in [0.717, 1.165) is 0 Å². The summed E-state index contributed by atoms with van der Waals surface area (Å²) in [4.78, 5) is 23.7. The van der Waals surface area contributed by atoms with Gasteiger partial charge in [0, 0.05) is 20.2 Å². The first-order chi connectivity index (χ1) is 11.9. The lowest BCUT2D eigenvalue weighted by Gasteiger charge is -2.19. The van der Waals surface area contributed by atoms with Crippen molar-refractivity contribution in [3.63, 3.8) is 0 Å². The van der Waals surface area contributed by atoms with Gasteiger partial charge in [-0.3, -0.25) is 13.9 Å². The van der Waals surface area contributed by atoms with Crippen LogP contribution in [0.25, 0.3) is 0 Å². The number of nitrogens with zero attached hydrogens (tertiary/aromatic N) is 1. The third-order valence-electron chi connectivity index (χ3n) is 3.62. The van der Waals surface area contributed by atoms with E-state index in [4.69, 9.17) is 9.47 Å². The number of amides is 2. The van der Waals surface area contributed by atoms with E-state index >= 15 is 0 Å². The summed E-state index contributed by atoms with van der Waals surface area (Å²) < 4.78 is 35.3. The number of hydrogen-bond acceptors (Lipinski definition) is 6. The topological polar surface area (TPSA) is 114 Å². The van der Waals surface area contributed by atoms with Crippen molar-refractivity contribution < 1.29 is 27.5 Å². The van der Waals surface area contributed by atoms with Crippen molar-refractivity contribution in [2.75, 3.05) is 49.3 Å². The number of benzene rings is 1. The fraction of sp³-hybridized carbons (Fsp3) is 0.467. The van der Waals surface area contributed by atoms with Crippen molar-refractivity contribution >= 4 is 33.2 Å². The number of hydrogen-bond donors (Lipinski definition) is 2. The quantitative estimate of drug-likeness (QED) is 0.535. The molecule has 2 amide bonds. The summed E-state index contributed by atoms with van der Waals surface area (Å²) in [5.74, 6) is -1.30. The third kappa shape index (κ3) is 4.60. The van der Waals surface area contributed by atoms with Crippen LogP contribution in [0, 0.1) is 0 Å². The maximum Gasteiger partial charge on any atom is 0.313 e. The van der Waals surface area contributed by atoms with Gasteiger partial charge in [0.15, 0.2) is 0 Å². The molecule has 0 aromatic heterocycles. The van der Waals surface area contributed by atoms with Gasteiger partial charge in [0.05, 0.1) is 30.8 Å². The van der Waals surface area contributed by atoms with Gasteiger partial charge in [-0.1, -0.05) is 0 Å². The van der Waals surface area contributed by atoms with E-state index in [9.17, 15) is 18.0 Å². The summed E-state index contributed by atoms with van der Waals surface area (Å²) >= 11 is 0. The number of anilines is 2. The molecule has 0 atom stereocenters. The summed E-state index contributed by atoms with van der Waals surface area (Å²) in [6, 6.07) is 4.61. The minimum Gasteiger partial charge on any atom is -0.495 e. The molecule has 2 rings (SSSR count). The molecule has 1 aliphatic rings. The Morgan fingerprint density at radius 3 is 2.60 bits per heavy atom. The lowest BCUT2D eigenvalue weighted by atomic mass is 10.2. The van der Waals surface area contributed by atoms with Gasteiger partial charge in [0.25, 0.3) is 0 Å². The van der Waals surface area contributed by atoms with Crippen molar-refractivity contribution in [3.05, 3.63) is 18.2 Å². The maximum absolute atomic E-state index is 12.0. The highest BCUT2D eigenvalue weighted by atomic mass is 32.2. The predicted molar refractivity (Wildman–Crippen MR) is 92.3 cm³/mol. The summed E-state index contributed by atoms with van der Waals surface area (Å²) in [5.41, 5.74) is 0.627. The van der Waals surface area contributed by atoms with Crippen LogP contribution in [0.5, 0.6) is 5.75 Å². The molecule has 0 bridgehead atoms. The van der Waals surface area contributed by atoms with Gasteiger partial charge in [0.1, 0.15) is 5.75 Å². The first-order valence-corrected chi connectivity index (χ1v) is 9.26. The Morgan fingerprint density at radius 2 is 2.00 bits per heavy atom. The molecule has 1 aliphatic heterocycles. The van der Waals surface area contributed by atoms with Gasteiger partial charge in [-0.2, -0.15) is 0 Å². The van der Waals surface area contributed by atoms with Gasteiger partial charge in [-0.25, -0.2) is 8.42 Å². The largest absolute Gasteiger partial charge is 0.495 e. The number of nitrogens with one attached hydrogen (secondary N) is 2. The van der Waals surface area contributed by atoms with E-state index in [-0.39, 0.29) is 24.6 Å². The Balaban J connectivity index is 2.17. The third-order valence-corrected chi connectivity index (χ3v) is 5.49. The van der Waals surface area contributed by atoms with Crippen LogP contribution in [0.15, 0.2) is 18.2 Å². The lowest BCUT2D eigenvalue weighted by molar-refractivity contribution is -0.136. The van der Waals surface area contributed by atoms with E-state index in [1.165, 1.54) is 24.6 Å². The Hall–Kier alpha value is -2.33. The van der Waals surface area contributed by atoms with E-state index in [1.807, 2.05) is 0 Å². The van der Waals surface area contributed by atoms with Crippen molar-refractivity contribution in [2.45, 2.75) is 6.42 Å². The molecule has 25 heavy (non-hydrogen) atoms. The number of ether oxygens (including phenoxy) is 2. The average Bonchev–Trinajstić information content (AvgIpc) is 2.94. The van der Waals surface area contributed by atoms with Crippen LogP contribution in [-0.2, 0) is 24.3 Å². The molecule has 1 fully saturated rings. The van der Waals surface area contributed by atoms with Gasteiger partial charge < -0.3 is 20.1 Å². The SMILES string of the molecule is COCCNC(=O)C(=O)Nc1cc(N2CCCS2(=O)=O)ccc1OC. The number of carbonyl (C=O) groups is 2. The fourth-order valence-corrected chi connectivity index (χ4v) is 3.96. The highest BCUT2D eigenvalue weighted by Crippen LogP contribution is 2.32. The molecule has 10 heteroatoms. The van der Waals surface area contributed by atoms with E-state index < -0.39 is 21.8 Å². The van der Waals surface area contributed by atoms with E-state index in [1.54, 1.807) is 12.1 Å². The Morgan fingerprint density at radius 1 is 1.24 bits per heavy atom. The first kappa shape index (κ1) is 19.0. The van der Waals surface area contributed by atoms with Crippen LogP contribution in [0.2, 0.25) is 0 Å². The minimum absolute atomic E-state index is 0.0859. The minimum atomic E-state index is -3.35. The molecule has 1 aromatic carbocycles. The van der Waals surface area contributed by atoms with Gasteiger partial charge in [-0.05, 0) is 24.6 Å². The molecule has 1 aromatic rings. The Bertz CT molecular complexity index is 750. The van der Waals surface area contributed by atoms with Crippen LogP contribution in [-0.4, -0.2) is 59.9 Å². The number of rotatable bonds is 6. The zero-order valence-electron chi connectivity index (χ0n) is 14.1. The van der Waals surface area contributed by atoms with E-state index in [0.29, 0.717) is 24.4 Å². The van der Waals surface area contributed by atoms with Gasteiger partial charge in [0.2, 0.25) is 10.0 Å². The molecule has 2 N–H and O–H groups in total. The van der Waals surface area contributed by atoms with Gasteiger partial charge in [-0.15, -0.1) is 0 Å². The van der Waals surface area contributed by atoms with Crippen molar-refractivity contribution in [2.24, 2.45) is 0 Å². The zero-order valence-corrected chi connectivity index (χ0v) is 14.9. The normalized spacial score (nSPS) is 15.7. The molecule has 0 unspecified atom stereocenters. The second kappa shape index (κ2) is 8.17. The van der Waals surface area contributed by atoms with Crippen molar-refractivity contribution in [1.29, 1.82) is 0 Å². The molecule has 0 radical (unpaired) electrons. The van der Waals surface area contributed by atoms with Crippen LogP contribution >= 0.6 is 0 Å². The van der Waals surface area contributed by atoms with E-state index in [2.05, 4.69) is 10.6 Å². The second-order valence-corrected chi connectivity index (χ2v) is 7.34. The summed E-state index contributed by atoms with van der Waals surface area (Å²) in [7, 11) is -0.456. The lowest BCUT2D eigenvalue weighted by Crippen LogP contribution is -2.37. The van der Waals surface area contributed by atoms with Crippen LogP contribution in [0.3, 0.4) is 0 Å². The highest BCUT2D eigenvalue weighted by molar-refractivity contribution is 7.93. The Kier molecular flexibility index (Phi) is 6.21. The number of methoxy groups -OCH3 is 2. The predicted octanol–water partition coefficient (Wildman–Crippen LogP) is -0.0638. The first-order valence-electron chi connectivity index (χ1n) is 7.65. The molecular weight excluding hydrogens is 350 g/mol. The van der Waals surface area contributed by atoms with Crippen molar-refractivity contribution in [3.8, 4) is 5.75 Å². The molecule has 1 heterocycles. The van der Waals surface area contributed by atoms with Crippen LogP contribution in [0.1, 0.15) is 6.42 Å². The molecule has 0 aliphatic carbocycles. The smallest absolute Gasteiger partial charge is 0.313 e. The second-order valence-electron chi connectivity index (χ2n) is 5.33. The molecular formula is C15H21N3O6S. The molecule has 0 saturated carbocycles. The maximum atomic E-state index is 12.0. The number of sulfonamides is 1. The molecule has 9 nitrogen and oxygen atoms in total. The zero-order chi connectivity index (χ0) is 18.4. The summed E-state index contributed by atoms with van der Waals surface area (Å²) in [6.45, 7) is 0.857. The highest BCUT2D eigenvalue weighted by Gasteiger charge is 2.29. The van der Waals surface area contributed by atoms with Gasteiger partial charge >= 0.3 is 11.8 Å². The monoisotopic (exact) mass is 371 g/mol. The van der Waals surface area contributed by atoms with Crippen LogP contribution < -0.4 is 19.7 Å².